The Hall–Kier alpha value is -4.25. The summed E-state index contributed by atoms with van der Waals surface area (Å²) in [7, 11) is 0. The first-order valence-corrected chi connectivity index (χ1v) is 10.4. The Labute approximate surface area is 185 Å². The van der Waals surface area contributed by atoms with Gasteiger partial charge in [0.1, 0.15) is 11.5 Å². The zero-order valence-electron chi connectivity index (χ0n) is 17.6. The van der Waals surface area contributed by atoms with Gasteiger partial charge in [-0.1, -0.05) is 43.0 Å². The number of furan rings is 2. The second-order valence-corrected chi connectivity index (χ2v) is 7.65. The van der Waals surface area contributed by atoms with Crippen LogP contribution < -0.4 is 5.32 Å². The predicted molar refractivity (Wildman–Crippen MR) is 125 cm³/mol. The maximum absolute atomic E-state index is 12.6. The lowest BCUT2D eigenvalue weighted by atomic mass is 9.93. The average molecular weight is 422 g/mol. The third kappa shape index (κ3) is 3.54. The summed E-state index contributed by atoms with van der Waals surface area (Å²) in [6.07, 6.45) is 5.30. The van der Waals surface area contributed by atoms with E-state index in [9.17, 15) is 4.79 Å². The number of amides is 1. The first-order valence-electron chi connectivity index (χ1n) is 10.4. The molecule has 3 aromatic heterocycles. The Kier molecular flexibility index (Phi) is 5.00. The van der Waals surface area contributed by atoms with Crippen molar-refractivity contribution in [1.82, 2.24) is 10.3 Å². The summed E-state index contributed by atoms with van der Waals surface area (Å²) >= 11 is 0. The third-order valence-electron chi connectivity index (χ3n) is 5.63. The molecule has 2 aromatic carbocycles. The molecule has 5 nitrogen and oxygen atoms in total. The lowest BCUT2D eigenvalue weighted by Gasteiger charge is -2.08. The summed E-state index contributed by atoms with van der Waals surface area (Å²) in [5, 5.41) is 3.87. The molecule has 0 aliphatic heterocycles. The van der Waals surface area contributed by atoms with E-state index >= 15 is 0 Å². The summed E-state index contributed by atoms with van der Waals surface area (Å²) in [6.45, 7) is 6.68. The minimum absolute atomic E-state index is 0.157. The van der Waals surface area contributed by atoms with Crippen LogP contribution in [0.4, 0.5) is 0 Å². The smallest absolute Gasteiger partial charge is 0.251 e. The van der Waals surface area contributed by atoms with Gasteiger partial charge in [0.2, 0.25) is 0 Å². The van der Waals surface area contributed by atoms with Crippen molar-refractivity contribution in [2.24, 2.45) is 0 Å². The summed E-state index contributed by atoms with van der Waals surface area (Å²) in [6, 6.07) is 19.4. The van der Waals surface area contributed by atoms with Gasteiger partial charge in [0.25, 0.3) is 5.91 Å². The predicted octanol–water partition coefficient (Wildman–Crippen LogP) is 6.32. The molecule has 0 aliphatic carbocycles. The number of nitrogens with one attached hydrogen (secondary N) is 2. The van der Waals surface area contributed by atoms with Gasteiger partial charge in [-0.2, -0.15) is 0 Å². The Morgan fingerprint density at radius 1 is 1.06 bits per heavy atom. The van der Waals surface area contributed by atoms with Crippen molar-refractivity contribution < 1.29 is 13.6 Å². The van der Waals surface area contributed by atoms with Crippen molar-refractivity contribution in [2.45, 2.75) is 13.5 Å². The highest BCUT2D eigenvalue weighted by Gasteiger charge is 2.19. The molecule has 158 valence electrons. The monoisotopic (exact) mass is 422 g/mol. The van der Waals surface area contributed by atoms with E-state index < -0.39 is 0 Å². The molecule has 1 amide bonds. The first-order chi connectivity index (χ1) is 15.6. The fourth-order valence-electron chi connectivity index (χ4n) is 3.99. The molecule has 0 fully saturated rings. The molecular formula is C27H22N2O3. The summed E-state index contributed by atoms with van der Waals surface area (Å²) in [5.41, 5.74) is 6.37. The van der Waals surface area contributed by atoms with Crippen LogP contribution in [0.15, 0.2) is 94.8 Å². The molecule has 5 rings (SSSR count). The van der Waals surface area contributed by atoms with Crippen molar-refractivity contribution in [3.8, 4) is 11.1 Å². The number of fused-ring (bicyclic) bond motifs is 1. The fourth-order valence-corrected chi connectivity index (χ4v) is 3.99. The molecule has 5 aromatic rings. The highest BCUT2D eigenvalue weighted by Crippen LogP contribution is 2.38. The van der Waals surface area contributed by atoms with Gasteiger partial charge in [0.15, 0.2) is 0 Å². The number of hydrogen-bond donors (Lipinski definition) is 2. The van der Waals surface area contributed by atoms with Gasteiger partial charge >= 0.3 is 0 Å². The van der Waals surface area contributed by atoms with E-state index in [-0.39, 0.29) is 5.91 Å². The SMILES string of the molecule is C=C(c1c(-c2ccccc2)coc1C)c1c[nH]c2cc(C(=O)NCc3ccco3)ccc12. The van der Waals surface area contributed by atoms with Gasteiger partial charge in [-0.05, 0) is 42.3 Å². The molecule has 0 saturated carbocycles. The van der Waals surface area contributed by atoms with Gasteiger partial charge in [-0.25, -0.2) is 0 Å². The molecule has 0 atom stereocenters. The van der Waals surface area contributed by atoms with Crippen LogP contribution >= 0.6 is 0 Å². The second kappa shape index (κ2) is 8.12. The molecule has 5 heteroatoms. The fraction of sp³-hybridized carbons (Fsp3) is 0.0741. The van der Waals surface area contributed by atoms with Crippen LogP contribution in [0, 0.1) is 6.92 Å². The minimum atomic E-state index is -0.157. The molecule has 0 spiro atoms. The van der Waals surface area contributed by atoms with Gasteiger partial charge in [-0.15, -0.1) is 0 Å². The largest absolute Gasteiger partial charge is 0.468 e. The quantitative estimate of drug-likeness (QED) is 0.336. The topological polar surface area (TPSA) is 71.2 Å². The minimum Gasteiger partial charge on any atom is -0.468 e. The first kappa shape index (κ1) is 19.7. The van der Waals surface area contributed by atoms with Crippen molar-refractivity contribution >= 4 is 22.4 Å². The molecule has 0 unspecified atom stereocenters. The molecular weight excluding hydrogens is 400 g/mol. The molecule has 0 saturated heterocycles. The van der Waals surface area contributed by atoms with E-state index in [1.807, 2.05) is 55.6 Å². The number of aryl methyl sites for hydroxylation is 1. The van der Waals surface area contributed by atoms with Crippen LogP contribution in [0.3, 0.4) is 0 Å². The Morgan fingerprint density at radius 2 is 1.91 bits per heavy atom. The normalized spacial score (nSPS) is 11.0. The molecule has 0 aliphatic rings. The molecule has 2 N–H and O–H groups in total. The zero-order valence-corrected chi connectivity index (χ0v) is 17.6. The highest BCUT2D eigenvalue weighted by molar-refractivity contribution is 6.03. The zero-order chi connectivity index (χ0) is 22.1. The lowest BCUT2D eigenvalue weighted by molar-refractivity contribution is 0.0948. The van der Waals surface area contributed by atoms with Crippen LogP contribution in [0.25, 0.3) is 27.6 Å². The van der Waals surface area contributed by atoms with E-state index in [0.717, 1.165) is 44.5 Å². The van der Waals surface area contributed by atoms with E-state index in [1.165, 1.54) is 0 Å². The van der Waals surface area contributed by atoms with Crippen LogP contribution in [0.1, 0.15) is 33.0 Å². The maximum Gasteiger partial charge on any atom is 0.251 e. The highest BCUT2D eigenvalue weighted by atomic mass is 16.3. The van der Waals surface area contributed by atoms with Crippen molar-refractivity contribution in [1.29, 1.82) is 0 Å². The van der Waals surface area contributed by atoms with E-state index in [2.05, 4.69) is 29.0 Å². The van der Waals surface area contributed by atoms with Gasteiger partial charge in [-0.3, -0.25) is 4.79 Å². The van der Waals surface area contributed by atoms with Gasteiger partial charge in [0.05, 0.1) is 19.1 Å². The van der Waals surface area contributed by atoms with Crippen molar-refractivity contribution in [3.05, 3.63) is 114 Å². The maximum atomic E-state index is 12.6. The number of benzene rings is 2. The number of carbonyl (C=O) groups excluding carboxylic acids is 1. The van der Waals surface area contributed by atoms with Crippen LogP contribution in [0.5, 0.6) is 0 Å². The average Bonchev–Trinajstić information content (AvgIpc) is 3.57. The number of hydrogen-bond acceptors (Lipinski definition) is 3. The lowest BCUT2D eigenvalue weighted by Crippen LogP contribution is -2.22. The van der Waals surface area contributed by atoms with Crippen molar-refractivity contribution in [2.75, 3.05) is 0 Å². The van der Waals surface area contributed by atoms with Crippen LogP contribution in [-0.4, -0.2) is 10.9 Å². The Morgan fingerprint density at radius 3 is 2.69 bits per heavy atom. The number of carbonyl (C=O) groups is 1. The van der Waals surface area contributed by atoms with E-state index in [4.69, 9.17) is 8.83 Å². The molecule has 0 radical (unpaired) electrons. The van der Waals surface area contributed by atoms with Crippen LogP contribution in [-0.2, 0) is 6.54 Å². The standard InChI is InChI=1S/C27H22N2O3/c1-17(26-18(2)32-16-24(26)19-7-4-3-5-8-19)23-15-28-25-13-20(10-11-22(23)25)27(30)29-14-21-9-6-12-31-21/h3-13,15-16,28H,1,14H2,2H3,(H,29,30). The number of aromatic nitrogens is 1. The number of aromatic amines is 1. The summed E-state index contributed by atoms with van der Waals surface area (Å²) in [4.78, 5) is 15.8. The summed E-state index contributed by atoms with van der Waals surface area (Å²) in [5.74, 6) is 1.37. The van der Waals surface area contributed by atoms with E-state index in [0.29, 0.717) is 17.9 Å². The number of H-pyrrole nitrogens is 1. The second-order valence-electron chi connectivity index (χ2n) is 7.65. The molecule has 32 heavy (non-hydrogen) atoms. The van der Waals surface area contributed by atoms with Gasteiger partial charge < -0.3 is 19.1 Å². The van der Waals surface area contributed by atoms with Gasteiger partial charge in [0, 0.05) is 39.4 Å². The molecule has 3 heterocycles. The van der Waals surface area contributed by atoms with Crippen LogP contribution in [0.2, 0.25) is 0 Å². The Bertz CT molecular complexity index is 1410. The summed E-state index contributed by atoms with van der Waals surface area (Å²) < 4.78 is 11.0. The Balaban J connectivity index is 1.44. The number of rotatable bonds is 6. The molecule has 0 bridgehead atoms. The van der Waals surface area contributed by atoms with E-state index in [1.54, 1.807) is 18.6 Å². The third-order valence-corrected chi connectivity index (χ3v) is 5.63. The van der Waals surface area contributed by atoms with Crippen molar-refractivity contribution in [3.63, 3.8) is 0 Å².